The van der Waals surface area contributed by atoms with Gasteiger partial charge in [-0.3, -0.25) is 14.5 Å². The molecule has 0 fully saturated rings. The first-order valence-electron chi connectivity index (χ1n) is 6.79. The van der Waals surface area contributed by atoms with E-state index >= 15 is 0 Å². The van der Waals surface area contributed by atoms with Gasteiger partial charge < -0.3 is 9.84 Å². The Bertz CT molecular complexity index is 663. The van der Waals surface area contributed by atoms with Gasteiger partial charge >= 0.3 is 0 Å². The van der Waals surface area contributed by atoms with Gasteiger partial charge in [0.2, 0.25) is 0 Å². The van der Waals surface area contributed by atoms with E-state index in [1.54, 1.807) is 12.1 Å². The molecule has 0 bridgehead atoms. The van der Waals surface area contributed by atoms with Crippen LogP contribution in [0.15, 0.2) is 23.1 Å². The van der Waals surface area contributed by atoms with Crippen LogP contribution in [0.3, 0.4) is 0 Å². The number of thioether (sulfide) groups is 1. The predicted molar refractivity (Wildman–Crippen MR) is 91.5 cm³/mol. The van der Waals surface area contributed by atoms with E-state index in [2.05, 4.69) is 0 Å². The number of hydrogen-bond acceptors (Lipinski definition) is 5. The maximum absolute atomic E-state index is 12.7. The van der Waals surface area contributed by atoms with Crippen molar-refractivity contribution in [3.63, 3.8) is 0 Å². The molecule has 1 aromatic rings. The van der Waals surface area contributed by atoms with Gasteiger partial charge in [0.15, 0.2) is 0 Å². The molecule has 1 aliphatic heterocycles. The molecule has 1 N–H and O–H groups in total. The topological polar surface area (TPSA) is 66.8 Å². The van der Waals surface area contributed by atoms with Gasteiger partial charge in [-0.1, -0.05) is 29.3 Å². The standard InChI is InChI=1S/C15H15Cl2NO4S/c1-22-6-4-18-14(20)12(13(15(18)21)23-7-5-19)10-3-2-9(16)8-11(10)17/h2-3,8,19H,4-7H2,1H3. The molecule has 5 nitrogen and oxygen atoms in total. The highest BCUT2D eigenvalue weighted by Gasteiger charge is 2.39. The third-order valence-corrected chi connectivity index (χ3v) is 4.78. The number of imide groups is 1. The number of amides is 2. The van der Waals surface area contributed by atoms with Gasteiger partial charge in [-0.2, -0.15) is 0 Å². The van der Waals surface area contributed by atoms with Crippen LogP contribution in [0.25, 0.3) is 5.57 Å². The minimum Gasteiger partial charge on any atom is -0.396 e. The second kappa shape index (κ2) is 8.17. The van der Waals surface area contributed by atoms with Gasteiger partial charge in [0.25, 0.3) is 11.8 Å². The smallest absolute Gasteiger partial charge is 0.268 e. The Labute approximate surface area is 148 Å². The number of rotatable bonds is 7. The molecule has 0 saturated heterocycles. The van der Waals surface area contributed by atoms with E-state index in [0.29, 0.717) is 21.4 Å². The third kappa shape index (κ3) is 3.89. The summed E-state index contributed by atoms with van der Waals surface area (Å²) in [5, 5.41) is 9.75. The molecule has 23 heavy (non-hydrogen) atoms. The van der Waals surface area contributed by atoms with Crippen LogP contribution in [-0.2, 0) is 14.3 Å². The van der Waals surface area contributed by atoms with E-state index in [9.17, 15) is 9.59 Å². The van der Waals surface area contributed by atoms with Crippen molar-refractivity contribution in [2.75, 3.05) is 32.6 Å². The van der Waals surface area contributed by atoms with Crippen LogP contribution in [-0.4, -0.2) is 54.4 Å². The zero-order valence-electron chi connectivity index (χ0n) is 12.3. The van der Waals surface area contributed by atoms with Crippen molar-refractivity contribution < 1.29 is 19.4 Å². The maximum Gasteiger partial charge on any atom is 0.268 e. The van der Waals surface area contributed by atoms with Crippen molar-refractivity contribution in [3.05, 3.63) is 38.7 Å². The number of methoxy groups -OCH3 is 1. The number of aliphatic hydroxyl groups is 1. The van der Waals surface area contributed by atoms with E-state index in [4.69, 9.17) is 33.0 Å². The number of benzene rings is 1. The molecular weight excluding hydrogens is 361 g/mol. The average molecular weight is 376 g/mol. The van der Waals surface area contributed by atoms with Crippen LogP contribution in [0, 0.1) is 0 Å². The van der Waals surface area contributed by atoms with Crippen molar-refractivity contribution in [1.82, 2.24) is 4.90 Å². The van der Waals surface area contributed by atoms with Crippen LogP contribution in [0.5, 0.6) is 0 Å². The summed E-state index contributed by atoms with van der Waals surface area (Å²) in [7, 11) is 1.50. The predicted octanol–water partition coefficient (Wildman–Crippen LogP) is 2.45. The molecule has 0 unspecified atom stereocenters. The molecule has 0 radical (unpaired) electrons. The first kappa shape index (κ1) is 18.3. The van der Waals surface area contributed by atoms with Crippen LogP contribution >= 0.6 is 35.0 Å². The van der Waals surface area contributed by atoms with Gasteiger partial charge in [0, 0.05) is 23.4 Å². The molecule has 1 aromatic carbocycles. The Hall–Kier alpha value is -1.05. The van der Waals surface area contributed by atoms with E-state index < -0.39 is 11.8 Å². The summed E-state index contributed by atoms with van der Waals surface area (Å²) in [4.78, 5) is 26.6. The van der Waals surface area contributed by atoms with Crippen molar-refractivity contribution in [2.45, 2.75) is 0 Å². The molecule has 8 heteroatoms. The number of halogens is 2. The lowest BCUT2D eigenvalue weighted by Gasteiger charge is -2.14. The zero-order valence-corrected chi connectivity index (χ0v) is 14.7. The van der Waals surface area contributed by atoms with E-state index in [1.807, 2.05) is 0 Å². The summed E-state index contributed by atoms with van der Waals surface area (Å²) in [6.07, 6.45) is 0. The van der Waals surface area contributed by atoms with E-state index in [-0.39, 0.29) is 30.2 Å². The molecule has 2 amide bonds. The molecule has 0 saturated carbocycles. The van der Waals surface area contributed by atoms with Crippen LogP contribution in [0.4, 0.5) is 0 Å². The largest absolute Gasteiger partial charge is 0.396 e. The molecule has 1 aliphatic rings. The van der Waals surface area contributed by atoms with Gasteiger partial charge in [0.05, 0.1) is 35.3 Å². The number of nitrogens with zero attached hydrogens (tertiary/aromatic N) is 1. The fourth-order valence-electron chi connectivity index (χ4n) is 2.15. The summed E-state index contributed by atoms with van der Waals surface area (Å²) in [6.45, 7) is 0.304. The van der Waals surface area contributed by atoms with E-state index in [1.165, 1.54) is 13.2 Å². The fraction of sp³-hybridized carbons (Fsp3) is 0.333. The average Bonchev–Trinajstić information content (AvgIpc) is 2.74. The second-order valence-electron chi connectivity index (χ2n) is 4.66. The number of ether oxygens (including phenoxy) is 1. The highest BCUT2D eigenvalue weighted by atomic mass is 35.5. The van der Waals surface area contributed by atoms with Crippen molar-refractivity contribution in [3.8, 4) is 0 Å². The zero-order chi connectivity index (χ0) is 17.0. The monoisotopic (exact) mass is 375 g/mol. The minimum absolute atomic E-state index is 0.102. The normalized spacial score (nSPS) is 15.0. The number of hydrogen-bond donors (Lipinski definition) is 1. The molecule has 124 valence electrons. The lowest BCUT2D eigenvalue weighted by atomic mass is 10.1. The Kier molecular flexibility index (Phi) is 6.50. The first-order valence-corrected chi connectivity index (χ1v) is 8.54. The Morgan fingerprint density at radius 1 is 1.26 bits per heavy atom. The highest BCUT2D eigenvalue weighted by Crippen LogP contribution is 2.39. The third-order valence-electron chi connectivity index (χ3n) is 3.18. The Balaban J connectivity index is 2.46. The molecular formula is C15H15Cl2NO4S. The summed E-state index contributed by atoms with van der Waals surface area (Å²) in [5.41, 5.74) is 0.695. The summed E-state index contributed by atoms with van der Waals surface area (Å²) in [5.74, 6) is -0.510. The SMILES string of the molecule is COCCN1C(=O)C(SCCO)=C(c2ccc(Cl)cc2Cl)C1=O. The molecule has 0 spiro atoms. The number of aliphatic hydroxyl groups excluding tert-OH is 1. The van der Waals surface area contributed by atoms with Gasteiger partial charge in [-0.05, 0) is 12.1 Å². The van der Waals surface area contributed by atoms with Gasteiger partial charge in [-0.25, -0.2) is 0 Å². The molecule has 1 heterocycles. The van der Waals surface area contributed by atoms with Crippen LogP contribution in [0.1, 0.15) is 5.56 Å². The molecule has 2 rings (SSSR count). The van der Waals surface area contributed by atoms with Crippen molar-refractivity contribution >= 4 is 52.4 Å². The van der Waals surface area contributed by atoms with E-state index in [0.717, 1.165) is 16.7 Å². The van der Waals surface area contributed by atoms with Crippen molar-refractivity contribution in [2.24, 2.45) is 0 Å². The minimum atomic E-state index is -0.420. The Morgan fingerprint density at radius 3 is 2.61 bits per heavy atom. The van der Waals surface area contributed by atoms with Crippen molar-refractivity contribution in [1.29, 1.82) is 0 Å². The molecule has 0 aliphatic carbocycles. The number of carbonyl (C=O) groups excluding carboxylic acids is 2. The lowest BCUT2D eigenvalue weighted by Crippen LogP contribution is -2.34. The quantitative estimate of drug-likeness (QED) is 0.741. The summed E-state index contributed by atoms with van der Waals surface area (Å²) < 4.78 is 4.94. The first-order chi connectivity index (χ1) is 11.0. The van der Waals surface area contributed by atoms with Crippen LogP contribution < -0.4 is 0 Å². The molecule has 0 atom stereocenters. The molecule has 0 aromatic heterocycles. The Morgan fingerprint density at radius 2 is 2.00 bits per heavy atom. The fourth-order valence-corrected chi connectivity index (χ4v) is 3.52. The number of carbonyl (C=O) groups is 2. The lowest BCUT2D eigenvalue weighted by molar-refractivity contribution is -0.137. The summed E-state index contributed by atoms with van der Waals surface area (Å²) in [6, 6.07) is 4.75. The van der Waals surface area contributed by atoms with Crippen LogP contribution in [0.2, 0.25) is 10.0 Å². The second-order valence-corrected chi connectivity index (χ2v) is 6.60. The van der Waals surface area contributed by atoms with Gasteiger partial charge in [-0.15, -0.1) is 11.8 Å². The maximum atomic E-state index is 12.7. The van der Waals surface area contributed by atoms with Gasteiger partial charge in [0.1, 0.15) is 0 Å². The summed E-state index contributed by atoms with van der Waals surface area (Å²) >= 11 is 13.2. The highest BCUT2D eigenvalue weighted by molar-refractivity contribution is 8.04.